The highest BCUT2D eigenvalue weighted by Gasteiger charge is 2.22. The molecule has 0 unspecified atom stereocenters. The zero-order valence-corrected chi connectivity index (χ0v) is 11.6. The average molecular weight is 264 g/mol. The Kier molecular flexibility index (Phi) is 5.05. The van der Waals surface area contributed by atoms with Gasteiger partial charge in [0, 0.05) is 12.2 Å². The van der Waals surface area contributed by atoms with Gasteiger partial charge in [0.15, 0.2) is 0 Å². The van der Waals surface area contributed by atoms with Crippen LogP contribution in [-0.4, -0.2) is 22.7 Å². The monoisotopic (exact) mass is 264 g/mol. The van der Waals surface area contributed by atoms with E-state index < -0.39 is 0 Å². The highest BCUT2D eigenvalue weighted by atomic mass is 32.2. The van der Waals surface area contributed by atoms with Gasteiger partial charge < -0.3 is 5.32 Å². The summed E-state index contributed by atoms with van der Waals surface area (Å²) >= 11 is 1.50. The Morgan fingerprint density at radius 1 is 1.44 bits per heavy atom. The lowest BCUT2D eigenvalue weighted by atomic mass is 9.86. The van der Waals surface area contributed by atoms with Crippen molar-refractivity contribution in [2.75, 3.05) is 5.75 Å². The topological polar surface area (TPSA) is 42.0 Å². The van der Waals surface area contributed by atoms with Crippen LogP contribution in [-0.2, 0) is 4.79 Å². The summed E-state index contributed by atoms with van der Waals surface area (Å²) in [6.07, 6.45) is 6.65. The second-order valence-electron chi connectivity index (χ2n) is 4.89. The van der Waals surface area contributed by atoms with E-state index in [9.17, 15) is 4.79 Å². The molecule has 3 nitrogen and oxygen atoms in total. The van der Waals surface area contributed by atoms with Gasteiger partial charge in [-0.3, -0.25) is 4.79 Å². The number of aromatic nitrogens is 1. The molecule has 1 aliphatic carbocycles. The van der Waals surface area contributed by atoms with Gasteiger partial charge in [-0.25, -0.2) is 4.98 Å². The van der Waals surface area contributed by atoms with Crippen molar-refractivity contribution in [2.24, 2.45) is 5.92 Å². The molecule has 1 heterocycles. The van der Waals surface area contributed by atoms with Crippen LogP contribution in [0.15, 0.2) is 29.4 Å². The first-order valence-electron chi connectivity index (χ1n) is 6.59. The van der Waals surface area contributed by atoms with Crippen molar-refractivity contribution in [3.8, 4) is 0 Å². The number of amides is 1. The molecular weight excluding hydrogens is 244 g/mol. The molecule has 1 amide bonds. The van der Waals surface area contributed by atoms with Crippen molar-refractivity contribution in [3.63, 3.8) is 0 Å². The zero-order valence-electron chi connectivity index (χ0n) is 10.8. The molecule has 98 valence electrons. The molecule has 0 aromatic carbocycles. The van der Waals surface area contributed by atoms with Crippen LogP contribution in [0.3, 0.4) is 0 Å². The molecule has 0 aliphatic heterocycles. The van der Waals surface area contributed by atoms with Gasteiger partial charge in [0.2, 0.25) is 5.91 Å². The van der Waals surface area contributed by atoms with Crippen molar-refractivity contribution < 1.29 is 4.79 Å². The van der Waals surface area contributed by atoms with E-state index in [0.29, 0.717) is 17.7 Å². The molecule has 2 atom stereocenters. The lowest BCUT2D eigenvalue weighted by molar-refractivity contribution is -0.119. The third-order valence-corrected chi connectivity index (χ3v) is 4.39. The molecule has 1 aromatic heterocycles. The predicted octanol–water partition coefficient (Wildman–Crippen LogP) is 2.87. The van der Waals surface area contributed by atoms with E-state index in [4.69, 9.17) is 0 Å². The molecule has 4 heteroatoms. The standard InChI is InChI=1S/C14H20N2OS/c1-11-6-2-3-7-12(11)16-13(17)10-18-14-8-4-5-9-15-14/h4-5,8-9,11-12H,2-3,6-7,10H2,1H3,(H,16,17)/t11-,12-/m0/s1. The minimum absolute atomic E-state index is 0.129. The van der Waals surface area contributed by atoms with Crippen LogP contribution in [0.25, 0.3) is 0 Å². The summed E-state index contributed by atoms with van der Waals surface area (Å²) in [4.78, 5) is 16.1. The molecule has 1 aromatic rings. The Bertz CT molecular complexity index is 383. The van der Waals surface area contributed by atoms with Crippen LogP contribution in [0.2, 0.25) is 0 Å². The SMILES string of the molecule is C[C@H]1CCCC[C@@H]1NC(=O)CSc1ccccn1. The van der Waals surface area contributed by atoms with E-state index in [1.54, 1.807) is 6.20 Å². The van der Waals surface area contributed by atoms with Crippen LogP contribution in [0.4, 0.5) is 0 Å². The maximum Gasteiger partial charge on any atom is 0.230 e. The number of thioether (sulfide) groups is 1. The fourth-order valence-corrected chi connectivity index (χ4v) is 3.02. The molecule has 0 spiro atoms. The normalized spacial score (nSPS) is 23.6. The highest BCUT2D eigenvalue weighted by Crippen LogP contribution is 2.24. The van der Waals surface area contributed by atoms with Crippen molar-refractivity contribution in [2.45, 2.75) is 43.7 Å². The van der Waals surface area contributed by atoms with Gasteiger partial charge in [0.1, 0.15) is 0 Å². The predicted molar refractivity (Wildman–Crippen MR) is 74.5 cm³/mol. The van der Waals surface area contributed by atoms with Gasteiger partial charge in [-0.15, -0.1) is 0 Å². The number of hydrogen-bond acceptors (Lipinski definition) is 3. The molecule has 1 N–H and O–H groups in total. The molecular formula is C14H20N2OS. The lowest BCUT2D eigenvalue weighted by Gasteiger charge is -2.29. The summed E-state index contributed by atoms with van der Waals surface area (Å²) in [6.45, 7) is 2.23. The largest absolute Gasteiger partial charge is 0.352 e. The molecule has 1 fully saturated rings. The third-order valence-electron chi connectivity index (χ3n) is 3.45. The Morgan fingerprint density at radius 3 is 3.00 bits per heavy atom. The van der Waals surface area contributed by atoms with Crippen LogP contribution in [0.5, 0.6) is 0 Å². The summed E-state index contributed by atoms with van der Waals surface area (Å²) in [6, 6.07) is 6.13. The zero-order chi connectivity index (χ0) is 12.8. The van der Waals surface area contributed by atoms with Crippen molar-refractivity contribution in [3.05, 3.63) is 24.4 Å². The smallest absolute Gasteiger partial charge is 0.230 e. The maximum absolute atomic E-state index is 11.9. The van der Waals surface area contributed by atoms with E-state index in [0.717, 1.165) is 11.4 Å². The van der Waals surface area contributed by atoms with E-state index >= 15 is 0 Å². The van der Waals surface area contributed by atoms with Gasteiger partial charge in [-0.2, -0.15) is 0 Å². The molecule has 0 radical (unpaired) electrons. The quantitative estimate of drug-likeness (QED) is 0.850. The molecule has 1 aliphatic rings. The Labute approximate surface area is 113 Å². The number of hydrogen-bond donors (Lipinski definition) is 1. The third kappa shape index (κ3) is 4.02. The lowest BCUT2D eigenvalue weighted by Crippen LogP contribution is -2.41. The summed E-state index contributed by atoms with van der Waals surface area (Å²) in [5, 5.41) is 4.06. The van der Waals surface area contributed by atoms with Crippen LogP contribution < -0.4 is 5.32 Å². The van der Waals surface area contributed by atoms with E-state index in [1.807, 2.05) is 18.2 Å². The van der Waals surface area contributed by atoms with E-state index in [2.05, 4.69) is 17.2 Å². The number of nitrogens with one attached hydrogen (secondary N) is 1. The second kappa shape index (κ2) is 6.78. The first-order chi connectivity index (χ1) is 8.75. The van der Waals surface area contributed by atoms with Crippen molar-refractivity contribution >= 4 is 17.7 Å². The molecule has 0 bridgehead atoms. The molecule has 18 heavy (non-hydrogen) atoms. The number of carbonyl (C=O) groups excluding carboxylic acids is 1. The van der Waals surface area contributed by atoms with E-state index in [1.165, 1.54) is 31.0 Å². The van der Waals surface area contributed by atoms with E-state index in [-0.39, 0.29) is 5.91 Å². The van der Waals surface area contributed by atoms with Gasteiger partial charge in [-0.1, -0.05) is 37.6 Å². The van der Waals surface area contributed by atoms with Crippen molar-refractivity contribution in [1.29, 1.82) is 0 Å². The van der Waals surface area contributed by atoms with Gasteiger partial charge in [0.05, 0.1) is 10.8 Å². The van der Waals surface area contributed by atoms with Crippen LogP contribution in [0.1, 0.15) is 32.6 Å². The fraction of sp³-hybridized carbons (Fsp3) is 0.571. The first-order valence-corrected chi connectivity index (χ1v) is 7.57. The maximum atomic E-state index is 11.9. The average Bonchev–Trinajstić information content (AvgIpc) is 2.40. The van der Waals surface area contributed by atoms with Gasteiger partial charge in [-0.05, 0) is 30.9 Å². The molecule has 2 rings (SSSR count). The minimum Gasteiger partial charge on any atom is -0.352 e. The number of nitrogens with zero attached hydrogens (tertiary/aromatic N) is 1. The summed E-state index contributed by atoms with van der Waals surface area (Å²) in [5.41, 5.74) is 0. The summed E-state index contributed by atoms with van der Waals surface area (Å²) in [5.74, 6) is 1.20. The molecule has 0 saturated heterocycles. The highest BCUT2D eigenvalue weighted by molar-refractivity contribution is 7.99. The number of carbonyl (C=O) groups is 1. The minimum atomic E-state index is 0.129. The second-order valence-corrected chi connectivity index (χ2v) is 5.89. The summed E-state index contributed by atoms with van der Waals surface area (Å²) in [7, 11) is 0. The summed E-state index contributed by atoms with van der Waals surface area (Å²) < 4.78 is 0. The Morgan fingerprint density at radius 2 is 2.28 bits per heavy atom. The van der Waals surface area contributed by atoms with Gasteiger partial charge in [0.25, 0.3) is 0 Å². The molecule has 1 saturated carbocycles. The van der Waals surface area contributed by atoms with Gasteiger partial charge >= 0.3 is 0 Å². The Balaban J connectivity index is 1.75. The van der Waals surface area contributed by atoms with Crippen LogP contribution >= 0.6 is 11.8 Å². The first kappa shape index (κ1) is 13.4. The number of rotatable bonds is 4. The Hall–Kier alpha value is -1.03. The van der Waals surface area contributed by atoms with Crippen molar-refractivity contribution in [1.82, 2.24) is 10.3 Å². The van der Waals surface area contributed by atoms with Crippen LogP contribution in [0, 0.1) is 5.92 Å². The number of pyridine rings is 1. The fourth-order valence-electron chi connectivity index (χ4n) is 2.35.